The van der Waals surface area contributed by atoms with Gasteiger partial charge in [0.2, 0.25) is 5.91 Å². The summed E-state index contributed by atoms with van der Waals surface area (Å²) >= 11 is 0. The van der Waals surface area contributed by atoms with Crippen molar-refractivity contribution in [3.63, 3.8) is 0 Å². The Labute approximate surface area is 148 Å². The van der Waals surface area contributed by atoms with E-state index < -0.39 is 18.1 Å². The number of hydrogen-bond donors (Lipinski definition) is 4. The summed E-state index contributed by atoms with van der Waals surface area (Å²) in [4.78, 5) is 33.0. The van der Waals surface area contributed by atoms with Gasteiger partial charge in [0.05, 0.1) is 18.1 Å². The first-order chi connectivity index (χ1) is 12.6. The molecule has 2 aliphatic heterocycles. The van der Waals surface area contributed by atoms with Gasteiger partial charge in [-0.3, -0.25) is 4.79 Å². The van der Waals surface area contributed by atoms with E-state index in [9.17, 15) is 19.1 Å². The molecule has 8 nitrogen and oxygen atoms in total. The number of H-pyrrole nitrogens is 1. The molecule has 3 unspecified atom stereocenters. The fourth-order valence-corrected chi connectivity index (χ4v) is 3.64. The summed E-state index contributed by atoms with van der Waals surface area (Å²) in [7, 11) is 0. The topological polar surface area (TPSA) is 110 Å². The van der Waals surface area contributed by atoms with Gasteiger partial charge in [0, 0.05) is 24.2 Å². The highest BCUT2D eigenvalue weighted by atomic mass is 19.1. The molecule has 2 aromatic rings. The Morgan fingerprint density at radius 1 is 1.27 bits per heavy atom. The largest absolute Gasteiger partial charge is 0.479 e. The van der Waals surface area contributed by atoms with Crippen molar-refractivity contribution in [2.75, 3.05) is 6.54 Å². The molecule has 4 rings (SSSR count). The molecule has 1 fully saturated rings. The van der Waals surface area contributed by atoms with Gasteiger partial charge in [-0.1, -0.05) is 18.2 Å². The summed E-state index contributed by atoms with van der Waals surface area (Å²) in [5, 5.41) is 9.60. The maximum Gasteiger partial charge on any atom is 0.332 e. The monoisotopic (exact) mass is 359 g/mol. The van der Waals surface area contributed by atoms with Gasteiger partial charge in [-0.25, -0.2) is 25.0 Å². The van der Waals surface area contributed by atoms with Crippen LogP contribution in [0.5, 0.6) is 0 Å². The molecule has 1 aromatic carbocycles. The van der Waals surface area contributed by atoms with Crippen LogP contribution in [0.15, 0.2) is 30.6 Å². The van der Waals surface area contributed by atoms with Crippen molar-refractivity contribution in [1.82, 2.24) is 25.7 Å². The predicted molar refractivity (Wildman–Crippen MR) is 88.2 cm³/mol. The van der Waals surface area contributed by atoms with Crippen molar-refractivity contribution < 1.29 is 19.1 Å². The zero-order chi connectivity index (χ0) is 18.3. The molecule has 2 aliphatic rings. The maximum atomic E-state index is 14.0. The number of carbonyl (C=O) groups excluding carboxylic acids is 1. The molecule has 0 aliphatic carbocycles. The third-order valence-corrected chi connectivity index (χ3v) is 4.92. The quantitative estimate of drug-likeness (QED) is 0.641. The fraction of sp³-hybridized carbons (Fsp3) is 0.353. The van der Waals surface area contributed by atoms with Crippen molar-refractivity contribution in [2.24, 2.45) is 0 Å². The van der Waals surface area contributed by atoms with Gasteiger partial charge in [0.25, 0.3) is 0 Å². The van der Waals surface area contributed by atoms with Crippen molar-refractivity contribution in [1.29, 1.82) is 0 Å². The minimum atomic E-state index is -1.12. The number of carboxylic acid groups (broad SMARTS) is 1. The SMILES string of the molecule is O=C(O)C1c2nc[nH]c2CCN1C(=O)C1CC(c2ccccc2F)NN1. The van der Waals surface area contributed by atoms with E-state index in [1.165, 1.54) is 17.3 Å². The van der Waals surface area contributed by atoms with Gasteiger partial charge >= 0.3 is 5.97 Å². The standard InChI is InChI=1S/C17H18FN5O3/c18-10-4-2-1-3-9(10)12-7-13(22-21-12)16(24)23-6-5-11-14(20-8-19-11)15(23)17(25)26/h1-4,8,12-13,15,21-22H,5-7H2,(H,19,20)(H,25,26). The van der Waals surface area contributed by atoms with E-state index in [0.717, 1.165) is 5.69 Å². The molecule has 0 spiro atoms. The van der Waals surface area contributed by atoms with Gasteiger partial charge in [-0.15, -0.1) is 0 Å². The number of fused-ring (bicyclic) bond motifs is 1. The van der Waals surface area contributed by atoms with Crippen molar-refractivity contribution in [3.05, 3.63) is 53.4 Å². The number of carboxylic acids is 1. The number of carbonyl (C=O) groups is 2. The maximum absolute atomic E-state index is 14.0. The van der Waals surface area contributed by atoms with Crippen LogP contribution in [0.2, 0.25) is 0 Å². The zero-order valence-electron chi connectivity index (χ0n) is 13.8. The van der Waals surface area contributed by atoms with Gasteiger partial charge in [0.1, 0.15) is 11.9 Å². The summed E-state index contributed by atoms with van der Waals surface area (Å²) in [6.07, 6.45) is 2.29. The number of rotatable bonds is 3. The van der Waals surface area contributed by atoms with Gasteiger partial charge in [0.15, 0.2) is 6.04 Å². The molecule has 0 radical (unpaired) electrons. The smallest absolute Gasteiger partial charge is 0.332 e. The molecule has 0 bridgehead atoms. The number of amides is 1. The second kappa shape index (κ2) is 6.50. The minimum absolute atomic E-state index is 0.285. The van der Waals surface area contributed by atoms with Gasteiger partial charge < -0.3 is 15.0 Å². The van der Waals surface area contributed by atoms with Crippen LogP contribution in [-0.2, 0) is 16.0 Å². The van der Waals surface area contributed by atoms with Crippen LogP contribution < -0.4 is 10.9 Å². The number of aromatic amines is 1. The van der Waals surface area contributed by atoms with E-state index in [1.54, 1.807) is 18.2 Å². The highest BCUT2D eigenvalue weighted by Crippen LogP contribution is 2.31. The number of aliphatic carboxylic acids is 1. The molecule has 26 heavy (non-hydrogen) atoms. The third kappa shape index (κ3) is 2.74. The van der Waals surface area contributed by atoms with E-state index in [1.807, 2.05) is 0 Å². The summed E-state index contributed by atoms with van der Waals surface area (Å²) in [6.45, 7) is 0.285. The molecule has 1 aromatic heterocycles. The highest BCUT2D eigenvalue weighted by molar-refractivity contribution is 5.88. The summed E-state index contributed by atoms with van der Waals surface area (Å²) in [5.41, 5.74) is 7.39. The Bertz CT molecular complexity index is 854. The van der Waals surface area contributed by atoms with Crippen molar-refractivity contribution in [2.45, 2.75) is 31.0 Å². The Morgan fingerprint density at radius 2 is 2.08 bits per heavy atom. The second-order valence-corrected chi connectivity index (χ2v) is 6.44. The third-order valence-electron chi connectivity index (χ3n) is 4.92. The second-order valence-electron chi connectivity index (χ2n) is 6.44. The first-order valence-corrected chi connectivity index (χ1v) is 8.37. The fourth-order valence-electron chi connectivity index (χ4n) is 3.64. The molecule has 9 heteroatoms. The van der Waals surface area contributed by atoms with Crippen LogP contribution in [0.3, 0.4) is 0 Å². The lowest BCUT2D eigenvalue weighted by Gasteiger charge is -2.33. The lowest BCUT2D eigenvalue weighted by molar-refractivity contribution is -0.152. The van der Waals surface area contributed by atoms with Crippen LogP contribution in [0.25, 0.3) is 0 Å². The lowest BCUT2D eigenvalue weighted by atomic mass is 9.98. The molecule has 3 atom stereocenters. The van der Waals surface area contributed by atoms with Crippen molar-refractivity contribution >= 4 is 11.9 Å². The van der Waals surface area contributed by atoms with Crippen LogP contribution in [0, 0.1) is 5.82 Å². The molecule has 1 amide bonds. The summed E-state index contributed by atoms with van der Waals surface area (Å²) in [6, 6.07) is 4.26. The zero-order valence-corrected chi connectivity index (χ0v) is 13.8. The minimum Gasteiger partial charge on any atom is -0.479 e. The highest BCUT2D eigenvalue weighted by Gasteiger charge is 2.42. The van der Waals surface area contributed by atoms with Crippen LogP contribution in [0.1, 0.15) is 35.5 Å². The number of nitrogens with zero attached hydrogens (tertiary/aromatic N) is 2. The predicted octanol–water partition coefficient (Wildman–Crippen LogP) is 0.667. The number of hydrogen-bond acceptors (Lipinski definition) is 5. The average molecular weight is 359 g/mol. The molecule has 3 heterocycles. The molecule has 4 N–H and O–H groups in total. The molecular formula is C17H18FN5O3. The van der Waals surface area contributed by atoms with E-state index in [0.29, 0.717) is 24.1 Å². The van der Waals surface area contributed by atoms with Gasteiger partial charge in [-0.05, 0) is 12.5 Å². The van der Waals surface area contributed by atoms with Crippen molar-refractivity contribution in [3.8, 4) is 0 Å². The molecule has 0 saturated carbocycles. The first kappa shape index (κ1) is 16.7. The lowest BCUT2D eigenvalue weighted by Crippen LogP contribution is -2.51. The number of halogens is 1. The van der Waals surface area contributed by atoms with E-state index in [4.69, 9.17) is 0 Å². The summed E-state index contributed by atoms with van der Waals surface area (Å²) in [5.74, 6) is -1.80. The van der Waals surface area contributed by atoms with Gasteiger partial charge in [-0.2, -0.15) is 0 Å². The van der Waals surface area contributed by atoms with E-state index >= 15 is 0 Å². The van der Waals surface area contributed by atoms with E-state index in [2.05, 4.69) is 20.8 Å². The van der Waals surface area contributed by atoms with Crippen LogP contribution in [-0.4, -0.2) is 44.4 Å². The number of aromatic nitrogens is 2. The molecular weight excluding hydrogens is 341 g/mol. The molecule has 1 saturated heterocycles. The number of nitrogens with one attached hydrogen (secondary N) is 3. The van der Waals surface area contributed by atoms with Crippen LogP contribution in [0.4, 0.5) is 4.39 Å². The Hall–Kier alpha value is -2.78. The summed E-state index contributed by atoms with van der Waals surface area (Å²) < 4.78 is 14.0. The number of hydrazine groups is 1. The number of imidazole rings is 1. The average Bonchev–Trinajstić information content (AvgIpc) is 3.29. The van der Waals surface area contributed by atoms with E-state index in [-0.39, 0.29) is 24.3 Å². The normalized spacial score (nSPS) is 25.1. The Morgan fingerprint density at radius 3 is 2.85 bits per heavy atom. The Kier molecular flexibility index (Phi) is 4.17. The van der Waals surface area contributed by atoms with Crippen LogP contribution >= 0.6 is 0 Å². The Balaban J connectivity index is 1.53. The number of benzene rings is 1. The first-order valence-electron chi connectivity index (χ1n) is 8.37. The molecule has 136 valence electrons.